The Morgan fingerprint density at radius 1 is 0.290 bits per heavy atom. The monoisotopic (exact) mass is 967 g/mol. The molecule has 1 atom stereocenters. The van der Waals surface area contributed by atoms with Gasteiger partial charge in [-0.15, -0.1) is 0 Å². The highest BCUT2D eigenvalue weighted by atomic mass is 16.6. The van der Waals surface area contributed by atoms with E-state index in [-0.39, 0.29) is 31.1 Å². The lowest BCUT2D eigenvalue weighted by molar-refractivity contribution is -0.167. The lowest BCUT2D eigenvalue weighted by atomic mass is 10.0. The van der Waals surface area contributed by atoms with Gasteiger partial charge in [-0.25, -0.2) is 0 Å². The molecule has 0 aliphatic rings. The second-order valence-electron chi connectivity index (χ2n) is 20.3. The van der Waals surface area contributed by atoms with Gasteiger partial charge in [-0.3, -0.25) is 14.4 Å². The molecule has 0 aliphatic carbocycles. The van der Waals surface area contributed by atoms with Gasteiger partial charge in [0.15, 0.2) is 6.10 Å². The second-order valence-corrected chi connectivity index (χ2v) is 20.3. The lowest BCUT2D eigenvalue weighted by Gasteiger charge is -2.18. The zero-order valence-corrected chi connectivity index (χ0v) is 46.1. The van der Waals surface area contributed by atoms with Crippen LogP contribution in [0.2, 0.25) is 0 Å². The third-order valence-corrected chi connectivity index (χ3v) is 13.3. The number of ether oxygens (including phenoxy) is 3. The number of hydrogen-bond acceptors (Lipinski definition) is 6. The summed E-state index contributed by atoms with van der Waals surface area (Å²) in [6, 6.07) is 0. The molecule has 6 nitrogen and oxygen atoms in total. The fraction of sp³-hybridized carbons (Fsp3) is 0.825. The summed E-state index contributed by atoms with van der Waals surface area (Å²) in [6.45, 7) is 6.55. The summed E-state index contributed by atoms with van der Waals surface area (Å²) >= 11 is 0. The van der Waals surface area contributed by atoms with Crippen LogP contribution >= 0.6 is 0 Å². The Bertz CT molecular complexity index is 1200. The predicted octanol–water partition coefficient (Wildman–Crippen LogP) is 20.2. The first-order chi connectivity index (χ1) is 34.0. The molecule has 0 spiro atoms. The lowest BCUT2D eigenvalue weighted by Crippen LogP contribution is -2.30. The predicted molar refractivity (Wildman–Crippen MR) is 298 cm³/mol. The molecule has 0 aromatic carbocycles. The first-order valence-electron chi connectivity index (χ1n) is 30.1. The Labute approximate surface area is 428 Å². The fourth-order valence-electron chi connectivity index (χ4n) is 8.74. The quantitative estimate of drug-likeness (QED) is 0.0262. The smallest absolute Gasteiger partial charge is 0.306 e. The first-order valence-corrected chi connectivity index (χ1v) is 30.1. The molecule has 0 aromatic rings. The molecular formula is C63H114O6. The molecule has 0 heterocycles. The molecule has 0 radical (unpaired) electrons. The summed E-state index contributed by atoms with van der Waals surface area (Å²) < 4.78 is 16.7. The Balaban J connectivity index is 4.03. The van der Waals surface area contributed by atoms with Gasteiger partial charge in [-0.2, -0.15) is 0 Å². The van der Waals surface area contributed by atoms with Crippen molar-refractivity contribution in [2.24, 2.45) is 0 Å². The number of unbranched alkanes of at least 4 members (excludes halogenated alkanes) is 36. The minimum atomic E-state index is -0.775. The summed E-state index contributed by atoms with van der Waals surface area (Å²) in [4.78, 5) is 37.8. The van der Waals surface area contributed by atoms with Gasteiger partial charge >= 0.3 is 17.9 Å². The maximum Gasteiger partial charge on any atom is 0.306 e. The number of carbonyl (C=O) groups excluding carboxylic acids is 3. The standard InChI is InChI=1S/C63H114O6/c1-4-7-10-13-15-17-19-21-23-25-27-28-29-30-31-32-33-34-36-37-39-41-43-45-47-50-53-56-62(65)68-59-60(58-67-61(64)55-52-49-12-9-6-3)69-63(66)57-54-51-48-46-44-42-40-38-35-26-24-22-20-18-16-14-11-8-5-2/h16,18,22,24-25,27,35,38,60H,4-15,17,19-21,23,26,28-34,36-37,39-59H2,1-3H3/b18-16-,24-22-,27-25-,38-35-. The summed E-state index contributed by atoms with van der Waals surface area (Å²) in [5.41, 5.74) is 0. The van der Waals surface area contributed by atoms with E-state index in [0.717, 1.165) is 83.5 Å². The number of carbonyl (C=O) groups is 3. The van der Waals surface area contributed by atoms with Crippen LogP contribution in [0, 0.1) is 0 Å². The Hall–Kier alpha value is -2.63. The third-order valence-electron chi connectivity index (χ3n) is 13.3. The molecule has 0 aromatic heterocycles. The van der Waals surface area contributed by atoms with Crippen molar-refractivity contribution in [1.29, 1.82) is 0 Å². The average molecular weight is 968 g/mol. The van der Waals surface area contributed by atoms with E-state index in [9.17, 15) is 14.4 Å². The molecule has 402 valence electrons. The van der Waals surface area contributed by atoms with E-state index in [4.69, 9.17) is 14.2 Å². The van der Waals surface area contributed by atoms with Crippen LogP contribution in [0.4, 0.5) is 0 Å². The summed E-state index contributed by atoms with van der Waals surface area (Å²) in [7, 11) is 0. The van der Waals surface area contributed by atoms with E-state index in [2.05, 4.69) is 69.4 Å². The maximum absolute atomic E-state index is 12.8. The maximum atomic E-state index is 12.8. The van der Waals surface area contributed by atoms with Crippen molar-refractivity contribution >= 4 is 17.9 Å². The number of esters is 3. The molecule has 1 unspecified atom stereocenters. The molecule has 0 bridgehead atoms. The SMILES string of the molecule is CCCCC/C=C\C/C=C\C/C=C\CCCCCCCCC(=O)OC(COC(=O)CCCCCCC)COC(=O)CCCCCCCCCCCCCCCCC/C=C\CCCCCCCCCC. The van der Waals surface area contributed by atoms with E-state index in [1.807, 2.05) is 0 Å². The van der Waals surface area contributed by atoms with Gasteiger partial charge in [0.2, 0.25) is 0 Å². The Kier molecular flexibility index (Phi) is 55.7. The van der Waals surface area contributed by atoms with Gasteiger partial charge in [-0.05, 0) is 83.5 Å². The van der Waals surface area contributed by atoms with Crippen molar-refractivity contribution in [3.8, 4) is 0 Å². The van der Waals surface area contributed by atoms with Crippen LogP contribution in [-0.2, 0) is 28.6 Å². The minimum Gasteiger partial charge on any atom is -0.462 e. The van der Waals surface area contributed by atoms with Gasteiger partial charge in [0.25, 0.3) is 0 Å². The van der Waals surface area contributed by atoms with E-state index in [1.54, 1.807) is 0 Å². The summed E-state index contributed by atoms with van der Waals surface area (Å²) in [5, 5.41) is 0. The van der Waals surface area contributed by atoms with Crippen molar-refractivity contribution in [1.82, 2.24) is 0 Å². The molecule has 69 heavy (non-hydrogen) atoms. The van der Waals surface area contributed by atoms with Crippen molar-refractivity contribution in [3.05, 3.63) is 48.6 Å². The average Bonchev–Trinajstić information content (AvgIpc) is 3.35. The van der Waals surface area contributed by atoms with Crippen LogP contribution in [-0.4, -0.2) is 37.2 Å². The topological polar surface area (TPSA) is 78.9 Å². The number of allylic oxidation sites excluding steroid dienone is 8. The number of rotatable bonds is 55. The highest BCUT2D eigenvalue weighted by Crippen LogP contribution is 2.16. The Morgan fingerprint density at radius 3 is 0.855 bits per heavy atom. The third kappa shape index (κ3) is 56.2. The second kappa shape index (κ2) is 57.9. The van der Waals surface area contributed by atoms with Crippen molar-refractivity contribution in [3.63, 3.8) is 0 Å². The van der Waals surface area contributed by atoms with Crippen LogP contribution < -0.4 is 0 Å². The molecule has 0 rings (SSSR count). The van der Waals surface area contributed by atoms with Crippen molar-refractivity contribution in [2.75, 3.05) is 13.2 Å². The highest BCUT2D eigenvalue weighted by molar-refractivity contribution is 5.71. The molecule has 0 amide bonds. The zero-order valence-electron chi connectivity index (χ0n) is 46.1. The zero-order chi connectivity index (χ0) is 50.0. The van der Waals surface area contributed by atoms with Crippen molar-refractivity contribution < 1.29 is 28.6 Å². The first kappa shape index (κ1) is 66.4. The molecule has 0 N–H and O–H groups in total. The van der Waals surface area contributed by atoms with Crippen LogP contribution in [0.25, 0.3) is 0 Å². The van der Waals surface area contributed by atoms with Crippen LogP contribution in [0.5, 0.6) is 0 Å². The minimum absolute atomic E-state index is 0.0764. The van der Waals surface area contributed by atoms with E-state index >= 15 is 0 Å². The molecule has 0 fully saturated rings. The molecule has 6 heteroatoms. The normalized spacial score (nSPS) is 12.3. The van der Waals surface area contributed by atoms with Gasteiger partial charge in [0, 0.05) is 19.3 Å². The number of hydrogen-bond donors (Lipinski definition) is 0. The van der Waals surface area contributed by atoms with E-state index in [1.165, 1.54) is 193 Å². The van der Waals surface area contributed by atoms with Crippen molar-refractivity contribution in [2.45, 2.75) is 322 Å². The largest absolute Gasteiger partial charge is 0.462 e. The van der Waals surface area contributed by atoms with Crippen LogP contribution in [0.1, 0.15) is 316 Å². The summed E-state index contributed by atoms with van der Waals surface area (Å²) in [5.74, 6) is -0.891. The van der Waals surface area contributed by atoms with Crippen LogP contribution in [0.3, 0.4) is 0 Å². The Morgan fingerprint density at radius 2 is 0.522 bits per heavy atom. The highest BCUT2D eigenvalue weighted by Gasteiger charge is 2.19. The molecular weight excluding hydrogens is 853 g/mol. The van der Waals surface area contributed by atoms with Gasteiger partial charge < -0.3 is 14.2 Å². The van der Waals surface area contributed by atoms with E-state index in [0.29, 0.717) is 19.3 Å². The molecule has 0 aliphatic heterocycles. The summed E-state index contributed by atoms with van der Waals surface area (Å²) in [6.07, 6.45) is 71.6. The van der Waals surface area contributed by atoms with E-state index < -0.39 is 6.10 Å². The van der Waals surface area contributed by atoms with Gasteiger partial charge in [0.05, 0.1) is 0 Å². The fourth-order valence-corrected chi connectivity index (χ4v) is 8.74. The van der Waals surface area contributed by atoms with Crippen LogP contribution in [0.15, 0.2) is 48.6 Å². The molecule has 0 saturated carbocycles. The molecule has 0 saturated heterocycles. The van der Waals surface area contributed by atoms with Gasteiger partial charge in [0.1, 0.15) is 13.2 Å². The van der Waals surface area contributed by atoms with Gasteiger partial charge in [-0.1, -0.05) is 262 Å².